The lowest BCUT2D eigenvalue weighted by Gasteiger charge is -2.10. The molecule has 19 heavy (non-hydrogen) atoms. The van der Waals surface area contributed by atoms with Crippen LogP contribution in [0.3, 0.4) is 0 Å². The van der Waals surface area contributed by atoms with E-state index in [4.69, 9.17) is 11.6 Å². The molecule has 0 radical (unpaired) electrons. The van der Waals surface area contributed by atoms with Gasteiger partial charge in [0.05, 0.1) is 4.90 Å². The molecule has 0 fully saturated rings. The van der Waals surface area contributed by atoms with Crippen LogP contribution in [-0.2, 0) is 10.0 Å². The number of benzene rings is 1. The van der Waals surface area contributed by atoms with E-state index in [0.717, 1.165) is 24.3 Å². The van der Waals surface area contributed by atoms with Crippen molar-refractivity contribution in [3.63, 3.8) is 0 Å². The molecular weight excluding hydrogens is 307 g/mol. The van der Waals surface area contributed by atoms with Crippen LogP contribution < -0.4 is 9.46 Å². The van der Waals surface area contributed by atoms with Crippen LogP contribution in [-0.4, -0.2) is 27.2 Å². The van der Waals surface area contributed by atoms with Gasteiger partial charge in [-0.25, -0.2) is 13.1 Å². The van der Waals surface area contributed by atoms with Gasteiger partial charge in [0, 0.05) is 12.4 Å². The molecule has 0 atom stereocenters. The number of halogens is 4. The quantitative estimate of drug-likeness (QED) is 0.648. The summed E-state index contributed by atoms with van der Waals surface area (Å²) in [5.74, 6) is -0.173. The van der Waals surface area contributed by atoms with Crippen molar-refractivity contribution in [3.8, 4) is 5.75 Å². The van der Waals surface area contributed by atoms with Crippen molar-refractivity contribution in [1.82, 2.24) is 4.72 Å². The fraction of sp³-hybridized carbons (Fsp3) is 0.400. The molecular formula is C10H11ClF3NO3S. The minimum Gasteiger partial charge on any atom is -0.406 e. The highest BCUT2D eigenvalue weighted by atomic mass is 35.5. The van der Waals surface area contributed by atoms with Crippen molar-refractivity contribution < 1.29 is 26.3 Å². The molecule has 0 aliphatic carbocycles. The Labute approximate surface area is 113 Å². The standard InChI is InChI=1S/C10H11ClF3NO3S/c11-6-1-7-15-19(16,17)9-4-2-8(3-5-9)18-10(12,13)14/h2-5,15H,1,6-7H2. The smallest absolute Gasteiger partial charge is 0.406 e. The molecule has 4 nitrogen and oxygen atoms in total. The molecule has 0 saturated heterocycles. The van der Waals surface area contributed by atoms with Gasteiger partial charge in [-0.3, -0.25) is 0 Å². The zero-order chi connectivity index (χ0) is 14.5. The van der Waals surface area contributed by atoms with Gasteiger partial charge < -0.3 is 4.74 Å². The van der Waals surface area contributed by atoms with Crippen LogP contribution in [0.5, 0.6) is 5.75 Å². The van der Waals surface area contributed by atoms with E-state index in [-0.39, 0.29) is 11.4 Å². The van der Waals surface area contributed by atoms with Gasteiger partial charge in [-0.05, 0) is 30.7 Å². The monoisotopic (exact) mass is 317 g/mol. The summed E-state index contributed by atoms with van der Waals surface area (Å²) in [6.45, 7) is 0.159. The van der Waals surface area contributed by atoms with Crippen molar-refractivity contribution in [3.05, 3.63) is 24.3 Å². The van der Waals surface area contributed by atoms with Gasteiger partial charge in [0.2, 0.25) is 10.0 Å². The number of ether oxygens (including phenoxy) is 1. The van der Waals surface area contributed by atoms with E-state index in [9.17, 15) is 21.6 Å². The Morgan fingerprint density at radius 2 is 1.79 bits per heavy atom. The SMILES string of the molecule is O=S(=O)(NCCCCl)c1ccc(OC(F)(F)F)cc1. The van der Waals surface area contributed by atoms with E-state index < -0.39 is 22.1 Å². The summed E-state index contributed by atoms with van der Waals surface area (Å²) in [5.41, 5.74) is 0. The van der Waals surface area contributed by atoms with Crippen molar-refractivity contribution in [1.29, 1.82) is 0 Å². The lowest BCUT2D eigenvalue weighted by molar-refractivity contribution is -0.274. The summed E-state index contributed by atoms with van der Waals surface area (Å²) < 4.78 is 65.0. The highest BCUT2D eigenvalue weighted by Gasteiger charge is 2.31. The van der Waals surface area contributed by atoms with Gasteiger partial charge in [0.1, 0.15) is 5.75 Å². The summed E-state index contributed by atoms with van der Waals surface area (Å²) in [6, 6.07) is 3.93. The molecule has 0 spiro atoms. The van der Waals surface area contributed by atoms with E-state index in [1.807, 2.05) is 0 Å². The van der Waals surface area contributed by atoms with E-state index >= 15 is 0 Å². The summed E-state index contributed by atoms with van der Waals surface area (Å²) in [7, 11) is -3.74. The molecule has 0 heterocycles. The summed E-state index contributed by atoms with van der Waals surface area (Å²) in [5, 5.41) is 0. The zero-order valence-corrected chi connectivity index (χ0v) is 11.1. The Morgan fingerprint density at radius 3 is 2.26 bits per heavy atom. The molecule has 0 aromatic heterocycles. The van der Waals surface area contributed by atoms with E-state index in [1.54, 1.807) is 0 Å². The second kappa shape index (κ2) is 6.44. The number of hydrogen-bond acceptors (Lipinski definition) is 3. The van der Waals surface area contributed by atoms with Crippen LogP contribution in [0.2, 0.25) is 0 Å². The maximum Gasteiger partial charge on any atom is 0.573 e. The third kappa shape index (κ3) is 5.66. The minimum absolute atomic E-state index is 0.142. The Bertz CT molecular complexity index is 502. The van der Waals surface area contributed by atoms with Crippen LogP contribution in [0.4, 0.5) is 13.2 Å². The van der Waals surface area contributed by atoms with Crippen LogP contribution >= 0.6 is 11.6 Å². The van der Waals surface area contributed by atoms with Crippen LogP contribution in [0.1, 0.15) is 6.42 Å². The summed E-state index contributed by atoms with van der Waals surface area (Å²) in [4.78, 5) is -0.142. The molecule has 1 rings (SSSR count). The maximum atomic E-state index is 11.9. The molecule has 1 aromatic rings. The molecule has 0 bridgehead atoms. The van der Waals surface area contributed by atoms with E-state index in [2.05, 4.69) is 9.46 Å². The first-order chi connectivity index (χ1) is 8.74. The summed E-state index contributed by atoms with van der Waals surface area (Å²) >= 11 is 5.40. The molecule has 0 saturated carbocycles. The first-order valence-electron chi connectivity index (χ1n) is 5.16. The number of rotatable bonds is 6. The highest BCUT2D eigenvalue weighted by Crippen LogP contribution is 2.23. The van der Waals surface area contributed by atoms with Gasteiger partial charge in [-0.2, -0.15) is 0 Å². The Kier molecular flexibility index (Phi) is 5.45. The number of sulfonamides is 1. The number of alkyl halides is 4. The molecule has 108 valence electrons. The molecule has 0 amide bonds. The zero-order valence-electron chi connectivity index (χ0n) is 9.58. The Morgan fingerprint density at radius 1 is 1.21 bits per heavy atom. The molecule has 0 aliphatic heterocycles. The lowest BCUT2D eigenvalue weighted by atomic mass is 10.3. The fourth-order valence-electron chi connectivity index (χ4n) is 1.18. The number of hydrogen-bond donors (Lipinski definition) is 1. The van der Waals surface area contributed by atoms with Gasteiger partial charge in [-0.15, -0.1) is 24.8 Å². The predicted molar refractivity (Wildman–Crippen MR) is 63.7 cm³/mol. The fourth-order valence-corrected chi connectivity index (χ4v) is 2.38. The van der Waals surface area contributed by atoms with Crippen LogP contribution in [0, 0.1) is 0 Å². The van der Waals surface area contributed by atoms with Crippen molar-refractivity contribution >= 4 is 21.6 Å². The van der Waals surface area contributed by atoms with Crippen molar-refractivity contribution in [2.24, 2.45) is 0 Å². The third-order valence-electron chi connectivity index (χ3n) is 1.97. The average molecular weight is 318 g/mol. The molecule has 9 heteroatoms. The maximum absolute atomic E-state index is 11.9. The largest absolute Gasteiger partial charge is 0.573 e. The normalized spacial score (nSPS) is 12.4. The van der Waals surface area contributed by atoms with Crippen LogP contribution in [0.15, 0.2) is 29.2 Å². The van der Waals surface area contributed by atoms with Gasteiger partial charge in [-0.1, -0.05) is 0 Å². The minimum atomic E-state index is -4.81. The van der Waals surface area contributed by atoms with Crippen molar-refractivity contribution in [2.45, 2.75) is 17.7 Å². The predicted octanol–water partition coefficient (Wildman–Crippen LogP) is 2.49. The third-order valence-corrected chi connectivity index (χ3v) is 3.71. The van der Waals surface area contributed by atoms with Crippen molar-refractivity contribution in [2.75, 3.05) is 12.4 Å². The summed E-state index contributed by atoms with van der Waals surface area (Å²) in [6.07, 6.45) is -4.35. The molecule has 1 N–H and O–H groups in total. The lowest BCUT2D eigenvalue weighted by Crippen LogP contribution is -2.25. The molecule has 0 aliphatic rings. The second-order valence-electron chi connectivity index (χ2n) is 3.46. The second-order valence-corrected chi connectivity index (χ2v) is 5.60. The van der Waals surface area contributed by atoms with E-state index in [1.165, 1.54) is 0 Å². The topological polar surface area (TPSA) is 55.4 Å². The number of nitrogens with one attached hydrogen (secondary N) is 1. The average Bonchev–Trinajstić information content (AvgIpc) is 2.27. The van der Waals surface area contributed by atoms with E-state index in [0.29, 0.717) is 12.3 Å². The Balaban J connectivity index is 2.75. The highest BCUT2D eigenvalue weighted by molar-refractivity contribution is 7.89. The van der Waals surface area contributed by atoms with Gasteiger partial charge in [0.25, 0.3) is 0 Å². The van der Waals surface area contributed by atoms with Gasteiger partial charge >= 0.3 is 6.36 Å². The van der Waals surface area contributed by atoms with Gasteiger partial charge in [0.15, 0.2) is 0 Å². The first kappa shape index (κ1) is 16.1. The Hall–Kier alpha value is -0.990. The van der Waals surface area contributed by atoms with Crippen LogP contribution in [0.25, 0.3) is 0 Å². The molecule has 1 aromatic carbocycles. The first-order valence-corrected chi connectivity index (χ1v) is 7.18. The molecule has 0 unspecified atom stereocenters.